The van der Waals surface area contributed by atoms with Gasteiger partial charge in [-0.15, -0.1) is 0 Å². The van der Waals surface area contributed by atoms with E-state index in [1.807, 2.05) is 13.8 Å². The Hall–Kier alpha value is -1.62. The molecular weight excluding hydrogens is 208 g/mol. The normalized spacial score (nSPS) is 11.2. The second-order valence-electron chi connectivity index (χ2n) is 4.22. The van der Waals surface area contributed by atoms with Gasteiger partial charge in [0.1, 0.15) is 5.82 Å². The smallest absolute Gasteiger partial charge is 0.335 e. The number of aliphatic hydroxyl groups excluding tert-OH is 1. The van der Waals surface area contributed by atoms with Gasteiger partial charge in [0.2, 0.25) is 0 Å². The molecule has 0 saturated heterocycles. The summed E-state index contributed by atoms with van der Waals surface area (Å²) in [7, 11) is 0. The van der Waals surface area contributed by atoms with E-state index in [0.717, 1.165) is 0 Å². The Kier molecular flexibility index (Phi) is 3.84. The molecule has 5 heteroatoms. The zero-order valence-corrected chi connectivity index (χ0v) is 9.40. The maximum Gasteiger partial charge on any atom is 0.335 e. The molecule has 0 atom stereocenters. The number of aromatic carboxylic acids is 1. The summed E-state index contributed by atoms with van der Waals surface area (Å²) in [4.78, 5) is 14.8. The van der Waals surface area contributed by atoms with Gasteiger partial charge >= 0.3 is 5.97 Å². The molecule has 16 heavy (non-hydrogen) atoms. The van der Waals surface area contributed by atoms with Crippen molar-refractivity contribution in [1.29, 1.82) is 0 Å². The Balaban J connectivity index is 2.81. The molecule has 1 rings (SSSR count). The predicted molar refractivity (Wildman–Crippen MR) is 60.6 cm³/mol. The largest absolute Gasteiger partial charge is 0.478 e. The van der Waals surface area contributed by atoms with Crippen LogP contribution in [0.2, 0.25) is 0 Å². The Bertz CT molecular complexity index is 377. The van der Waals surface area contributed by atoms with Crippen LogP contribution in [0.5, 0.6) is 0 Å². The van der Waals surface area contributed by atoms with Crippen LogP contribution in [0.3, 0.4) is 0 Å². The number of pyridine rings is 1. The minimum Gasteiger partial charge on any atom is -0.478 e. The van der Waals surface area contributed by atoms with Crippen molar-refractivity contribution in [1.82, 2.24) is 4.98 Å². The number of hydrogen-bond acceptors (Lipinski definition) is 4. The van der Waals surface area contributed by atoms with Crippen molar-refractivity contribution in [3.8, 4) is 0 Å². The van der Waals surface area contributed by atoms with Crippen molar-refractivity contribution in [3.05, 3.63) is 23.9 Å². The van der Waals surface area contributed by atoms with Crippen LogP contribution in [0.15, 0.2) is 18.3 Å². The summed E-state index contributed by atoms with van der Waals surface area (Å²) in [6.45, 7) is 3.90. The molecule has 0 amide bonds. The van der Waals surface area contributed by atoms with Crippen LogP contribution in [0.1, 0.15) is 30.6 Å². The monoisotopic (exact) mass is 224 g/mol. The highest BCUT2D eigenvalue weighted by atomic mass is 16.4. The maximum absolute atomic E-state index is 10.7. The number of aliphatic hydroxyl groups is 1. The van der Waals surface area contributed by atoms with Gasteiger partial charge in [-0.05, 0) is 32.4 Å². The molecule has 0 fully saturated rings. The van der Waals surface area contributed by atoms with Gasteiger partial charge in [-0.2, -0.15) is 0 Å². The average molecular weight is 224 g/mol. The van der Waals surface area contributed by atoms with E-state index in [4.69, 9.17) is 10.2 Å². The zero-order valence-electron chi connectivity index (χ0n) is 9.40. The van der Waals surface area contributed by atoms with Crippen LogP contribution in [0.25, 0.3) is 0 Å². The third kappa shape index (κ3) is 3.51. The van der Waals surface area contributed by atoms with Crippen molar-refractivity contribution in [2.24, 2.45) is 0 Å². The summed E-state index contributed by atoms with van der Waals surface area (Å²) in [5.41, 5.74) is -0.129. The molecule has 1 heterocycles. The number of aromatic nitrogens is 1. The third-order valence-electron chi connectivity index (χ3n) is 2.21. The number of anilines is 1. The van der Waals surface area contributed by atoms with Crippen molar-refractivity contribution >= 4 is 11.8 Å². The number of nitrogens with zero attached hydrogens (tertiary/aromatic N) is 1. The molecule has 0 aliphatic rings. The Labute approximate surface area is 94.1 Å². The molecule has 0 aliphatic heterocycles. The first-order valence-corrected chi connectivity index (χ1v) is 5.03. The Morgan fingerprint density at radius 2 is 2.25 bits per heavy atom. The van der Waals surface area contributed by atoms with E-state index in [-0.39, 0.29) is 17.7 Å². The van der Waals surface area contributed by atoms with E-state index in [1.165, 1.54) is 18.3 Å². The summed E-state index contributed by atoms with van der Waals surface area (Å²) in [5, 5.41) is 20.8. The minimum absolute atomic E-state index is 0.0681. The first kappa shape index (κ1) is 12.4. The second-order valence-corrected chi connectivity index (χ2v) is 4.22. The standard InChI is InChI=1S/C11H16N2O3/c1-11(2,4-6-14)13-9-7-8(10(15)16)3-5-12-9/h3,5,7,14H,4,6H2,1-2H3,(H,12,13)(H,15,16). The molecule has 1 aromatic heterocycles. The average Bonchev–Trinajstić information content (AvgIpc) is 2.17. The molecule has 1 aromatic rings. The first-order valence-electron chi connectivity index (χ1n) is 5.03. The number of carboxylic acid groups (broad SMARTS) is 1. The highest BCUT2D eigenvalue weighted by molar-refractivity contribution is 5.88. The summed E-state index contributed by atoms with van der Waals surface area (Å²) in [6.07, 6.45) is 2.01. The van der Waals surface area contributed by atoms with Gasteiger partial charge in [0.05, 0.1) is 5.56 Å². The van der Waals surface area contributed by atoms with Gasteiger partial charge in [-0.25, -0.2) is 9.78 Å². The van der Waals surface area contributed by atoms with Crippen molar-refractivity contribution < 1.29 is 15.0 Å². The molecule has 3 N–H and O–H groups in total. The number of nitrogens with one attached hydrogen (secondary N) is 1. The number of hydrogen-bond donors (Lipinski definition) is 3. The van der Waals surface area contributed by atoms with Gasteiger partial charge in [0.15, 0.2) is 0 Å². The first-order chi connectivity index (χ1) is 7.44. The molecule has 88 valence electrons. The summed E-state index contributed by atoms with van der Waals surface area (Å²) in [6, 6.07) is 2.91. The predicted octanol–water partition coefficient (Wildman–Crippen LogP) is 1.35. The topological polar surface area (TPSA) is 82.5 Å². The van der Waals surface area contributed by atoms with Crippen LogP contribution in [-0.4, -0.2) is 33.3 Å². The van der Waals surface area contributed by atoms with E-state index >= 15 is 0 Å². The quantitative estimate of drug-likeness (QED) is 0.703. The minimum atomic E-state index is -0.981. The lowest BCUT2D eigenvalue weighted by atomic mass is 10.0. The number of carboxylic acids is 1. The molecule has 5 nitrogen and oxygen atoms in total. The molecule has 0 unspecified atom stereocenters. The maximum atomic E-state index is 10.7. The van der Waals surface area contributed by atoms with E-state index in [2.05, 4.69) is 10.3 Å². The van der Waals surface area contributed by atoms with Gasteiger partial charge in [0.25, 0.3) is 0 Å². The van der Waals surface area contributed by atoms with Crippen molar-refractivity contribution in [3.63, 3.8) is 0 Å². The fourth-order valence-electron chi connectivity index (χ4n) is 1.32. The molecule has 0 radical (unpaired) electrons. The second kappa shape index (κ2) is 4.94. The van der Waals surface area contributed by atoms with Crippen molar-refractivity contribution in [2.45, 2.75) is 25.8 Å². The highest BCUT2D eigenvalue weighted by Crippen LogP contribution is 2.16. The van der Waals surface area contributed by atoms with E-state index < -0.39 is 5.97 Å². The van der Waals surface area contributed by atoms with E-state index in [1.54, 1.807) is 0 Å². The lowest BCUT2D eigenvalue weighted by molar-refractivity contribution is 0.0696. The number of rotatable bonds is 5. The van der Waals surface area contributed by atoms with Crippen LogP contribution >= 0.6 is 0 Å². The van der Waals surface area contributed by atoms with Gasteiger partial charge in [-0.3, -0.25) is 0 Å². The van der Waals surface area contributed by atoms with Crippen molar-refractivity contribution in [2.75, 3.05) is 11.9 Å². The molecule has 0 aliphatic carbocycles. The zero-order chi connectivity index (χ0) is 12.2. The van der Waals surface area contributed by atoms with Gasteiger partial charge < -0.3 is 15.5 Å². The highest BCUT2D eigenvalue weighted by Gasteiger charge is 2.17. The molecule has 0 saturated carbocycles. The van der Waals surface area contributed by atoms with Crippen LogP contribution in [0.4, 0.5) is 5.82 Å². The number of carbonyl (C=O) groups is 1. The van der Waals surface area contributed by atoms with Crippen LogP contribution in [0, 0.1) is 0 Å². The van der Waals surface area contributed by atoms with Gasteiger partial charge in [0, 0.05) is 18.3 Å². The summed E-state index contributed by atoms with van der Waals surface area (Å²) >= 11 is 0. The summed E-state index contributed by atoms with van der Waals surface area (Å²) in [5.74, 6) is -0.483. The summed E-state index contributed by atoms with van der Waals surface area (Å²) < 4.78 is 0. The molecule has 0 aromatic carbocycles. The van der Waals surface area contributed by atoms with Crippen LogP contribution in [-0.2, 0) is 0 Å². The molecular formula is C11H16N2O3. The molecule has 0 spiro atoms. The lowest BCUT2D eigenvalue weighted by Gasteiger charge is -2.26. The van der Waals surface area contributed by atoms with Gasteiger partial charge in [-0.1, -0.05) is 0 Å². The SMILES string of the molecule is CC(C)(CCO)Nc1cc(C(=O)O)ccn1. The third-order valence-corrected chi connectivity index (χ3v) is 2.21. The Morgan fingerprint density at radius 1 is 1.56 bits per heavy atom. The fraction of sp³-hybridized carbons (Fsp3) is 0.455. The lowest BCUT2D eigenvalue weighted by Crippen LogP contribution is -2.32. The fourth-order valence-corrected chi connectivity index (χ4v) is 1.32. The van der Waals surface area contributed by atoms with Crippen LogP contribution < -0.4 is 5.32 Å². The Morgan fingerprint density at radius 3 is 2.81 bits per heavy atom. The van der Waals surface area contributed by atoms with E-state index in [0.29, 0.717) is 12.2 Å². The van der Waals surface area contributed by atoms with E-state index in [9.17, 15) is 4.79 Å². The molecule has 0 bridgehead atoms.